The highest BCUT2D eigenvalue weighted by molar-refractivity contribution is 6.03. The largest absolute Gasteiger partial charge is 0.478 e. The molecule has 1 aromatic carbocycles. The number of carboxylic acids is 1. The zero-order valence-corrected chi connectivity index (χ0v) is 9.90. The van der Waals surface area contributed by atoms with Gasteiger partial charge in [0.15, 0.2) is 0 Å². The third-order valence-corrected chi connectivity index (χ3v) is 2.89. The van der Waals surface area contributed by atoms with Crippen molar-refractivity contribution in [3.8, 4) is 0 Å². The number of fused-ring (bicyclic) bond motifs is 1. The van der Waals surface area contributed by atoms with Gasteiger partial charge in [0.05, 0.1) is 17.7 Å². The van der Waals surface area contributed by atoms with E-state index in [1.807, 2.05) is 26.1 Å². The molecule has 0 fully saturated rings. The summed E-state index contributed by atoms with van der Waals surface area (Å²) in [5.74, 6) is -0.934. The molecule has 17 heavy (non-hydrogen) atoms. The molecule has 90 valence electrons. The van der Waals surface area contributed by atoms with E-state index < -0.39 is 5.97 Å². The second-order valence-corrected chi connectivity index (χ2v) is 4.24. The summed E-state index contributed by atoms with van der Waals surface area (Å²) in [6.45, 7) is 4.24. The topological polar surface area (TPSA) is 62.5 Å². The number of rotatable bonds is 3. The maximum Gasteiger partial charge on any atom is 0.337 e. The SMILES string of the molecule is Cc1cc(C(=O)O)c2c(c1)c(C)cn2CCO. The second kappa shape index (κ2) is 4.22. The Morgan fingerprint density at radius 3 is 2.65 bits per heavy atom. The Hall–Kier alpha value is -1.81. The van der Waals surface area contributed by atoms with Crippen molar-refractivity contribution in [3.05, 3.63) is 35.0 Å². The van der Waals surface area contributed by atoms with Gasteiger partial charge in [-0.2, -0.15) is 0 Å². The Morgan fingerprint density at radius 1 is 1.35 bits per heavy atom. The van der Waals surface area contributed by atoms with Gasteiger partial charge in [0, 0.05) is 18.1 Å². The van der Waals surface area contributed by atoms with E-state index in [1.54, 1.807) is 10.6 Å². The Kier molecular flexibility index (Phi) is 2.90. The summed E-state index contributed by atoms with van der Waals surface area (Å²) >= 11 is 0. The number of aryl methyl sites for hydroxylation is 2. The molecule has 1 aromatic heterocycles. The molecule has 0 aliphatic carbocycles. The lowest BCUT2D eigenvalue weighted by Gasteiger charge is -2.06. The summed E-state index contributed by atoms with van der Waals surface area (Å²) < 4.78 is 1.80. The van der Waals surface area contributed by atoms with E-state index >= 15 is 0 Å². The first-order valence-corrected chi connectivity index (χ1v) is 5.49. The monoisotopic (exact) mass is 233 g/mol. The van der Waals surface area contributed by atoms with E-state index in [9.17, 15) is 9.90 Å². The number of carbonyl (C=O) groups is 1. The number of nitrogens with zero attached hydrogens (tertiary/aromatic N) is 1. The van der Waals surface area contributed by atoms with E-state index in [0.717, 1.165) is 16.5 Å². The summed E-state index contributed by atoms with van der Waals surface area (Å²) in [4.78, 5) is 11.3. The number of hydrogen-bond acceptors (Lipinski definition) is 2. The van der Waals surface area contributed by atoms with Crippen molar-refractivity contribution in [1.29, 1.82) is 0 Å². The average Bonchev–Trinajstić information content (AvgIpc) is 2.55. The molecule has 0 saturated heterocycles. The summed E-state index contributed by atoms with van der Waals surface area (Å²) in [5, 5.41) is 19.2. The number of aromatic carboxylic acids is 1. The first kappa shape index (κ1) is 11.7. The van der Waals surface area contributed by atoms with Crippen LogP contribution in [0.25, 0.3) is 10.9 Å². The molecule has 4 heteroatoms. The van der Waals surface area contributed by atoms with Crippen LogP contribution in [0, 0.1) is 13.8 Å². The van der Waals surface area contributed by atoms with Gasteiger partial charge in [0.1, 0.15) is 0 Å². The van der Waals surface area contributed by atoms with Gasteiger partial charge in [-0.1, -0.05) is 0 Å². The quantitative estimate of drug-likeness (QED) is 0.851. The molecule has 0 aliphatic rings. The fourth-order valence-corrected chi connectivity index (χ4v) is 2.20. The fraction of sp³-hybridized carbons (Fsp3) is 0.308. The number of carboxylic acid groups (broad SMARTS) is 1. The number of benzene rings is 1. The van der Waals surface area contributed by atoms with Crippen molar-refractivity contribution in [3.63, 3.8) is 0 Å². The van der Waals surface area contributed by atoms with Crippen LogP contribution in [0.15, 0.2) is 18.3 Å². The standard InChI is InChI=1S/C13H15NO3/c1-8-5-10-9(2)7-14(3-4-15)12(10)11(6-8)13(16)17/h5-7,15H,3-4H2,1-2H3,(H,16,17). The third-order valence-electron chi connectivity index (χ3n) is 2.89. The molecule has 0 amide bonds. The first-order valence-electron chi connectivity index (χ1n) is 5.49. The van der Waals surface area contributed by atoms with Crippen molar-refractivity contribution in [1.82, 2.24) is 4.57 Å². The average molecular weight is 233 g/mol. The third kappa shape index (κ3) is 1.91. The van der Waals surface area contributed by atoms with E-state index in [2.05, 4.69) is 0 Å². The van der Waals surface area contributed by atoms with Crippen LogP contribution in [0.4, 0.5) is 0 Å². The molecular weight excluding hydrogens is 218 g/mol. The predicted molar refractivity (Wildman–Crippen MR) is 65.5 cm³/mol. The van der Waals surface area contributed by atoms with Crippen LogP contribution in [-0.4, -0.2) is 27.4 Å². The summed E-state index contributed by atoms with van der Waals surface area (Å²) in [5.41, 5.74) is 2.94. The fourth-order valence-electron chi connectivity index (χ4n) is 2.20. The predicted octanol–water partition coefficient (Wildman–Crippen LogP) is 1.95. The molecular formula is C13H15NO3. The maximum atomic E-state index is 11.3. The van der Waals surface area contributed by atoms with Gasteiger partial charge >= 0.3 is 5.97 Å². The minimum Gasteiger partial charge on any atom is -0.478 e. The molecule has 2 aromatic rings. The Balaban J connectivity index is 2.82. The van der Waals surface area contributed by atoms with Gasteiger partial charge in [0.25, 0.3) is 0 Å². The molecule has 4 nitrogen and oxygen atoms in total. The van der Waals surface area contributed by atoms with Crippen molar-refractivity contribution in [2.24, 2.45) is 0 Å². The second-order valence-electron chi connectivity index (χ2n) is 4.24. The number of aliphatic hydroxyl groups excluding tert-OH is 1. The van der Waals surface area contributed by atoms with Crippen LogP contribution in [0.1, 0.15) is 21.5 Å². The van der Waals surface area contributed by atoms with E-state index in [1.165, 1.54) is 0 Å². The van der Waals surface area contributed by atoms with Crippen LogP contribution in [0.5, 0.6) is 0 Å². The minimum absolute atomic E-state index is 0.00381. The van der Waals surface area contributed by atoms with Crippen molar-refractivity contribution < 1.29 is 15.0 Å². The highest BCUT2D eigenvalue weighted by Crippen LogP contribution is 2.26. The van der Waals surface area contributed by atoms with Crippen LogP contribution >= 0.6 is 0 Å². The van der Waals surface area contributed by atoms with Crippen molar-refractivity contribution in [2.45, 2.75) is 20.4 Å². The smallest absolute Gasteiger partial charge is 0.337 e. The van der Waals surface area contributed by atoms with E-state index in [-0.39, 0.29) is 6.61 Å². The molecule has 2 rings (SSSR count). The van der Waals surface area contributed by atoms with Gasteiger partial charge in [-0.25, -0.2) is 4.79 Å². The van der Waals surface area contributed by atoms with Crippen molar-refractivity contribution in [2.75, 3.05) is 6.61 Å². The Labute approximate surface area is 99.1 Å². The zero-order valence-electron chi connectivity index (χ0n) is 9.90. The molecule has 0 atom stereocenters. The van der Waals surface area contributed by atoms with Crippen LogP contribution < -0.4 is 0 Å². The van der Waals surface area contributed by atoms with E-state index in [4.69, 9.17) is 5.11 Å². The highest BCUT2D eigenvalue weighted by atomic mass is 16.4. The lowest BCUT2D eigenvalue weighted by Crippen LogP contribution is -2.05. The number of aliphatic hydroxyl groups is 1. The first-order chi connectivity index (χ1) is 8.04. The molecule has 0 bridgehead atoms. The van der Waals surface area contributed by atoms with E-state index in [0.29, 0.717) is 17.6 Å². The van der Waals surface area contributed by atoms with Gasteiger partial charge in [-0.15, -0.1) is 0 Å². The summed E-state index contributed by atoms with van der Waals surface area (Å²) in [7, 11) is 0. The lowest BCUT2D eigenvalue weighted by atomic mass is 10.1. The lowest BCUT2D eigenvalue weighted by molar-refractivity contribution is 0.0698. The Bertz CT molecular complexity index is 584. The molecule has 0 spiro atoms. The molecule has 1 heterocycles. The molecule has 0 radical (unpaired) electrons. The van der Waals surface area contributed by atoms with Crippen LogP contribution in [0.2, 0.25) is 0 Å². The van der Waals surface area contributed by atoms with Gasteiger partial charge in [0.2, 0.25) is 0 Å². The number of aromatic nitrogens is 1. The summed E-state index contributed by atoms with van der Waals surface area (Å²) in [6, 6.07) is 3.64. The molecule has 2 N–H and O–H groups in total. The van der Waals surface area contributed by atoms with Gasteiger partial charge < -0.3 is 14.8 Å². The normalized spacial score (nSPS) is 11.0. The summed E-state index contributed by atoms with van der Waals surface area (Å²) in [6.07, 6.45) is 1.88. The Morgan fingerprint density at radius 2 is 2.06 bits per heavy atom. The molecule has 0 unspecified atom stereocenters. The maximum absolute atomic E-state index is 11.3. The van der Waals surface area contributed by atoms with Gasteiger partial charge in [-0.3, -0.25) is 0 Å². The number of hydrogen-bond donors (Lipinski definition) is 2. The zero-order chi connectivity index (χ0) is 12.6. The van der Waals surface area contributed by atoms with Gasteiger partial charge in [-0.05, 0) is 37.1 Å². The van der Waals surface area contributed by atoms with Crippen LogP contribution in [-0.2, 0) is 6.54 Å². The molecule has 0 aliphatic heterocycles. The molecule has 0 saturated carbocycles. The highest BCUT2D eigenvalue weighted by Gasteiger charge is 2.15. The van der Waals surface area contributed by atoms with Crippen molar-refractivity contribution >= 4 is 16.9 Å². The minimum atomic E-state index is -0.934. The van der Waals surface area contributed by atoms with Crippen LogP contribution in [0.3, 0.4) is 0 Å².